The summed E-state index contributed by atoms with van der Waals surface area (Å²) in [4.78, 5) is 11.9. The number of carbonyl (C=O) groups is 1. The van der Waals surface area contributed by atoms with Crippen LogP contribution in [0.25, 0.3) is 0 Å². The molecular weight excluding hydrogens is 297 g/mol. The first-order chi connectivity index (χ1) is 11.2. The van der Waals surface area contributed by atoms with Gasteiger partial charge in [0.2, 0.25) is 5.91 Å². The van der Waals surface area contributed by atoms with E-state index < -0.39 is 0 Å². The van der Waals surface area contributed by atoms with E-state index in [1.807, 2.05) is 18.2 Å². The Bertz CT molecular complexity index is 702. The standard InChI is InChI=1S/C18H18FNO3/c19-15-5-2-1-4-14(15)11-18(21)20-12-13-6-7-16-17(10-13)23-9-3-8-22-16/h1-2,4-7,10H,3,8-9,11-12H2,(H,20,21). The van der Waals surface area contributed by atoms with Crippen LogP contribution in [0.5, 0.6) is 11.5 Å². The Kier molecular flexibility index (Phi) is 4.76. The molecular formula is C18H18FNO3. The number of carbonyl (C=O) groups excluding carboxylic acids is 1. The van der Waals surface area contributed by atoms with Crippen molar-refractivity contribution in [1.29, 1.82) is 0 Å². The summed E-state index contributed by atoms with van der Waals surface area (Å²) in [7, 11) is 0. The van der Waals surface area contributed by atoms with E-state index in [0.717, 1.165) is 17.7 Å². The van der Waals surface area contributed by atoms with Crippen LogP contribution in [0.2, 0.25) is 0 Å². The van der Waals surface area contributed by atoms with Gasteiger partial charge in [-0.05, 0) is 29.3 Å². The molecule has 120 valence electrons. The van der Waals surface area contributed by atoms with Gasteiger partial charge in [0.15, 0.2) is 11.5 Å². The van der Waals surface area contributed by atoms with Gasteiger partial charge in [-0.15, -0.1) is 0 Å². The summed E-state index contributed by atoms with van der Waals surface area (Å²) in [5.41, 5.74) is 1.31. The summed E-state index contributed by atoms with van der Waals surface area (Å²) in [6.45, 7) is 1.63. The van der Waals surface area contributed by atoms with Crippen LogP contribution >= 0.6 is 0 Å². The molecule has 0 atom stereocenters. The van der Waals surface area contributed by atoms with Gasteiger partial charge in [0, 0.05) is 13.0 Å². The minimum atomic E-state index is -0.363. The van der Waals surface area contributed by atoms with Gasteiger partial charge in [-0.3, -0.25) is 4.79 Å². The van der Waals surface area contributed by atoms with Gasteiger partial charge < -0.3 is 14.8 Å². The molecule has 0 unspecified atom stereocenters. The van der Waals surface area contributed by atoms with Gasteiger partial charge in [-0.25, -0.2) is 4.39 Å². The minimum Gasteiger partial charge on any atom is -0.490 e. The largest absolute Gasteiger partial charge is 0.490 e. The highest BCUT2D eigenvalue weighted by Gasteiger charge is 2.12. The van der Waals surface area contributed by atoms with Gasteiger partial charge in [-0.1, -0.05) is 24.3 Å². The van der Waals surface area contributed by atoms with Crippen LogP contribution in [0, 0.1) is 5.82 Å². The Morgan fingerprint density at radius 1 is 1.09 bits per heavy atom. The highest BCUT2D eigenvalue weighted by molar-refractivity contribution is 5.78. The lowest BCUT2D eigenvalue weighted by molar-refractivity contribution is -0.120. The summed E-state index contributed by atoms with van der Waals surface area (Å²) in [6.07, 6.45) is 0.876. The molecule has 2 aromatic carbocycles. The molecule has 1 N–H and O–H groups in total. The molecule has 3 rings (SSSR count). The molecule has 0 bridgehead atoms. The maximum Gasteiger partial charge on any atom is 0.224 e. The Morgan fingerprint density at radius 2 is 1.87 bits per heavy atom. The fourth-order valence-corrected chi connectivity index (χ4v) is 2.40. The van der Waals surface area contributed by atoms with E-state index in [1.54, 1.807) is 18.2 Å². The first-order valence-electron chi connectivity index (χ1n) is 7.61. The van der Waals surface area contributed by atoms with Crippen LogP contribution in [-0.2, 0) is 17.8 Å². The maximum absolute atomic E-state index is 13.5. The maximum atomic E-state index is 13.5. The molecule has 23 heavy (non-hydrogen) atoms. The van der Waals surface area contributed by atoms with Crippen LogP contribution in [0.3, 0.4) is 0 Å². The summed E-state index contributed by atoms with van der Waals surface area (Å²) < 4.78 is 24.7. The molecule has 1 aliphatic heterocycles. The summed E-state index contributed by atoms with van der Waals surface area (Å²) >= 11 is 0. The van der Waals surface area contributed by atoms with Crippen molar-refractivity contribution in [2.24, 2.45) is 0 Å². The predicted molar refractivity (Wildman–Crippen MR) is 84.0 cm³/mol. The molecule has 0 aliphatic carbocycles. The van der Waals surface area contributed by atoms with E-state index in [1.165, 1.54) is 6.07 Å². The highest BCUT2D eigenvalue weighted by atomic mass is 19.1. The zero-order chi connectivity index (χ0) is 16.1. The predicted octanol–water partition coefficient (Wildman–Crippen LogP) is 2.85. The second kappa shape index (κ2) is 7.13. The molecule has 0 aromatic heterocycles. The van der Waals surface area contributed by atoms with Gasteiger partial charge in [0.05, 0.1) is 19.6 Å². The molecule has 0 saturated carbocycles. The number of nitrogens with one attached hydrogen (secondary N) is 1. The number of hydrogen-bond donors (Lipinski definition) is 1. The molecule has 1 amide bonds. The number of hydrogen-bond acceptors (Lipinski definition) is 3. The topological polar surface area (TPSA) is 47.6 Å². The molecule has 0 radical (unpaired) electrons. The van der Waals surface area contributed by atoms with Gasteiger partial charge in [-0.2, -0.15) is 0 Å². The number of amides is 1. The monoisotopic (exact) mass is 315 g/mol. The van der Waals surface area contributed by atoms with Crippen molar-refractivity contribution in [3.8, 4) is 11.5 Å². The van der Waals surface area contributed by atoms with Crippen molar-refractivity contribution in [2.75, 3.05) is 13.2 Å². The Hall–Kier alpha value is -2.56. The third-order valence-corrected chi connectivity index (χ3v) is 3.61. The lowest BCUT2D eigenvalue weighted by Crippen LogP contribution is -2.24. The second-order valence-electron chi connectivity index (χ2n) is 5.38. The van der Waals surface area contributed by atoms with Gasteiger partial charge in [0.25, 0.3) is 0 Å². The van der Waals surface area contributed by atoms with E-state index in [0.29, 0.717) is 31.1 Å². The number of benzene rings is 2. The van der Waals surface area contributed by atoms with Crippen molar-refractivity contribution in [2.45, 2.75) is 19.4 Å². The minimum absolute atomic E-state index is 0.0250. The average Bonchev–Trinajstić information content (AvgIpc) is 2.80. The first-order valence-corrected chi connectivity index (χ1v) is 7.61. The summed E-state index contributed by atoms with van der Waals surface area (Å²) in [5.74, 6) is 0.840. The Balaban J connectivity index is 1.59. The fraction of sp³-hybridized carbons (Fsp3) is 0.278. The lowest BCUT2D eigenvalue weighted by Gasteiger charge is -2.10. The van der Waals surface area contributed by atoms with E-state index >= 15 is 0 Å². The Morgan fingerprint density at radius 3 is 2.70 bits per heavy atom. The number of ether oxygens (including phenoxy) is 2. The van der Waals surface area contributed by atoms with Crippen molar-refractivity contribution in [1.82, 2.24) is 5.32 Å². The van der Waals surface area contributed by atoms with Gasteiger partial charge >= 0.3 is 0 Å². The molecule has 5 heteroatoms. The normalized spacial score (nSPS) is 13.3. The van der Waals surface area contributed by atoms with Crippen molar-refractivity contribution in [3.63, 3.8) is 0 Å². The van der Waals surface area contributed by atoms with Crippen molar-refractivity contribution >= 4 is 5.91 Å². The number of fused-ring (bicyclic) bond motifs is 1. The number of halogens is 1. The Labute approximate surface area is 134 Å². The zero-order valence-corrected chi connectivity index (χ0v) is 12.7. The molecule has 0 saturated heterocycles. The summed E-state index contributed by atoms with van der Waals surface area (Å²) in [6, 6.07) is 11.9. The van der Waals surface area contributed by atoms with Crippen LogP contribution in [0.4, 0.5) is 4.39 Å². The quantitative estimate of drug-likeness (QED) is 0.944. The second-order valence-corrected chi connectivity index (χ2v) is 5.38. The molecule has 0 fully saturated rings. The fourth-order valence-electron chi connectivity index (χ4n) is 2.40. The number of rotatable bonds is 4. The van der Waals surface area contributed by atoms with Gasteiger partial charge in [0.1, 0.15) is 5.82 Å². The molecule has 2 aromatic rings. The molecule has 4 nitrogen and oxygen atoms in total. The average molecular weight is 315 g/mol. The zero-order valence-electron chi connectivity index (χ0n) is 12.7. The molecule has 0 spiro atoms. The van der Waals surface area contributed by atoms with Crippen LogP contribution in [-0.4, -0.2) is 19.1 Å². The molecule has 1 aliphatic rings. The van der Waals surface area contributed by atoms with Crippen LogP contribution in [0.1, 0.15) is 17.5 Å². The van der Waals surface area contributed by atoms with E-state index in [-0.39, 0.29) is 18.1 Å². The van der Waals surface area contributed by atoms with E-state index in [2.05, 4.69) is 5.32 Å². The first kappa shape index (κ1) is 15.3. The lowest BCUT2D eigenvalue weighted by atomic mass is 10.1. The summed E-state index contributed by atoms with van der Waals surface area (Å²) in [5, 5.41) is 2.80. The SMILES string of the molecule is O=C(Cc1ccccc1F)NCc1ccc2c(c1)OCCCO2. The van der Waals surface area contributed by atoms with E-state index in [9.17, 15) is 9.18 Å². The van der Waals surface area contributed by atoms with Crippen LogP contribution in [0.15, 0.2) is 42.5 Å². The third kappa shape index (κ3) is 4.00. The van der Waals surface area contributed by atoms with Crippen molar-refractivity contribution in [3.05, 3.63) is 59.4 Å². The van der Waals surface area contributed by atoms with E-state index in [4.69, 9.17) is 9.47 Å². The van der Waals surface area contributed by atoms with Crippen molar-refractivity contribution < 1.29 is 18.7 Å². The molecule has 1 heterocycles. The highest BCUT2D eigenvalue weighted by Crippen LogP contribution is 2.30. The smallest absolute Gasteiger partial charge is 0.224 e. The van der Waals surface area contributed by atoms with Crippen LogP contribution < -0.4 is 14.8 Å². The third-order valence-electron chi connectivity index (χ3n) is 3.61.